The van der Waals surface area contributed by atoms with Gasteiger partial charge in [0.2, 0.25) is 0 Å². The molecule has 2 aromatic rings. The van der Waals surface area contributed by atoms with Gasteiger partial charge in [0.1, 0.15) is 17.8 Å². The van der Waals surface area contributed by atoms with Crippen molar-refractivity contribution in [3.05, 3.63) is 18.6 Å². The van der Waals surface area contributed by atoms with Gasteiger partial charge in [-0.05, 0) is 30.7 Å². The van der Waals surface area contributed by atoms with Crippen molar-refractivity contribution >= 4 is 34.0 Å². The van der Waals surface area contributed by atoms with E-state index in [0.29, 0.717) is 24.5 Å². The van der Waals surface area contributed by atoms with Crippen LogP contribution in [-0.2, 0) is 0 Å². The molecule has 9 heteroatoms. The van der Waals surface area contributed by atoms with Crippen LogP contribution in [0.5, 0.6) is 0 Å². The third kappa shape index (κ3) is 3.06. The van der Waals surface area contributed by atoms with E-state index >= 15 is 0 Å². The number of H-pyrrole nitrogens is 1. The molecule has 8 nitrogen and oxygen atoms in total. The maximum Gasteiger partial charge on any atom is 0.294 e. The normalized spacial score (nSPS) is 26.6. The average molecular weight is 347 g/mol. The topological polar surface area (TPSA) is 112 Å². The van der Waals surface area contributed by atoms with Gasteiger partial charge in [0.05, 0.1) is 12.1 Å². The fraction of sp³-hybridized carbons (Fsp3) is 0.533. The zero-order valence-corrected chi connectivity index (χ0v) is 14.1. The van der Waals surface area contributed by atoms with Gasteiger partial charge in [-0.1, -0.05) is 0 Å². The summed E-state index contributed by atoms with van der Waals surface area (Å²) in [7, 11) is 0. The molecule has 2 fully saturated rings. The molecule has 1 saturated heterocycles. The first-order valence-electron chi connectivity index (χ1n) is 8.14. The van der Waals surface area contributed by atoms with Gasteiger partial charge < -0.3 is 15.6 Å². The van der Waals surface area contributed by atoms with Crippen LogP contribution in [0.4, 0.5) is 10.6 Å². The Hall–Kier alpha value is -1.84. The number of anilines is 1. The van der Waals surface area contributed by atoms with Crippen LogP contribution < -0.4 is 15.8 Å². The molecule has 2 aromatic heterocycles. The molecule has 1 unspecified atom stereocenters. The van der Waals surface area contributed by atoms with Crippen molar-refractivity contribution in [3.63, 3.8) is 0 Å². The standard InChI is InChI=1S/C15H21N7OS/c16-24-15(23)20-8-22-5-9-3-11(4-10(9)6-22)21-14-12-1-2-17-13(12)18-7-19-14/h1-2,7,9-11H,3-6,8,16H2,(H,20,23)(H2,17,18,19,21)/t9-,10+,11?. The van der Waals surface area contributed by atoms with E-state index in [9.17, 15) is 4.79 Å². The molecule has 0 aromatic carbocycles. The van der Waals surface area contributed by atoms with E-state index in [4.69, 9.17) is 5.14 Å². The summed E-state index contributed by atoms with van der Waals surface area (Å²) in [5, 5.41) is 12.5. The Kier molecular flexibility index (Phi) is 4.30. The molecule has 24 heavy (non-hydrogen) atoms. The molecule has 1 saturated carbocycles. The third-order valence-electron chi connectivity index (χ3n) is 5.08. The molecule has 0 radical (unpaired) electrons. The second kappa shape index (κ2) is 6.58. The summed E-state index contributed by atoms with van der Waals surface area (Å²) >= 11 is 0.731. The highest BCUT2D eigenvalue weighted by Crippen LogP contribution is 2.39. The molecule has 3 heterocycles. The number of rotatable bonds is 4. The van der Waals surface area contributed by atoms with Gasteiger partial charge in [-0.3, -0.25) is 14.8 Å². The molecule has 1 aliphatic heterocycles. The molecule has 0 spiro atoms. The Balaban J connectivity index is 1.33. The number of nitrogens with zero attached hydrogens (tertiary/aromatic N) is 3. The van der Waals surface area contributed by atoms with E-state index in [0.717, 1.165) is 54.7 Å². The van der Waals surface area contributed by atoms with Crippen molar-refractivity contribution in [1.29, 1.82) is 0 Å². The second-order valence-corrected chi connectivity index (χ2v) is 7.18. The number of aromatic amines is 1. The van der Waals surface area contributed by atoms with Gasteiger partial charge in [-0.2, -0.15) is 0 Å². The number of carbonyl (C=O) groups excluding carboxylic acids is 1. The third-order valence-corrected chi connectivity index (χ3v) is 5.43. The fourth-order valence-corrected chi connectivity index (χ4v) is 4.19. The molecular formula is C15H21N7OS. The zero-order chi connectivity index (χ0) is 16.5. The molecule has 5 N–H and O–H groups in total. The Morgan fingerprint density at radius 2 is 2.17 bits per heavy atom. The Morgan fingerprint density at radius 3 is 2.92 bits per heavy atom. The summed E-state index contributed by atoms with van der Waals surface area (Å²) in [5.41, 5.74) is 0.866. The summed E-state index contributed by atoms with van der Waals surface area (Å²) in [6.07, 6.45) is 5.75. The fourth-order valence-electron chi connectivity index (χ4n) is 4.04. The number of nitrogens with one attached hydrogen (secondary N) is 3. The van der Waals surface area contributed by atoms with Gasteiger partial charge in [0.15, 0.2) is 0 Å². The summed E-state index contributed by atoms with van der Waals surface area (Å²) in [6, 6.07) is 2.46. The lowest BCUT2D eigenvalue weighted by molar-refractivity contribution is 0.245. The number of likely N-dealkylation sites (tertiary alicyclic amines) is 1. The quantitative estimate of drug-likeness (QED) is 0.618. The van der Waals surface area contributed by atoms with Crippen LogP contribution in [0.25, 0.3) is 11.0 Å². The van der Waals surface area contributed by atoms with E-state index < -0.39 is 0 Å². The molecule has 3 atom stereocenters. The highest BCUT2D eigenvalue weighted by molar-refractivity contribution is 8.11. The second-order valence-electron chi connectivity index (χ2n) is 6.57. The molecule has 0 bridgehead atoms. The Morgan fingerprint density at radius 1 is 1.38 bits per heavy atom. The molecular weight excluding hydrogens is 326 g/mol. The largest absolute Gasteiger partial charge is 0.367 e. The number of aromatic nitrogens is 3. The van der Waals surface area contributed by atoms with Crippen LogP contribution in [0.2, 0.25) is 0 Å². The predicted octanol–water partition coefficient (Wildman–Crippen LogP) is 1.35. The first kappa shape index (κ1) is 15.7. The monoisotopic (exact) mass is 347 g/mol. The Bertz CT molecular complexity index is 721. The zero-order valence-electron chi connectivity index (χ0n) is 13.2. The van der Waals surface area contributed by atoms with E-state index in [1.807, 2.05) is 12.3 Å². The molecule has 128 valence electrons. The lowest BCUT2D eigenvalue weighted by Gasteiger charge is -2.20. The van der Waals surface area contributed by atoms with Gasteiger partial charge in [-0.25, -0.2) is 9.97 Å². The molecule has 1 aliphatic carbocycles. The molecule has 1 amide bonds. The van der Waals surface area contributed by atoms with Crippen molar-refractivity contribution in [2.45, 2.75) is 18.9 Å². The minimum absolute atomic E-state index is 0.175. The summed E-state index contributed by atoms with van der Waals surface area (Å²) < 4.78 is 0. The molecule has 4 rings (SSSR count). The van der Waals surface area contributed by atoms with Crippen molar-refractivity contribution < 1.29 is 4.79 Å². The highest BCUT2D eigenvalue weighted by Gasteiger charge is 2.40. The van der Waals surface area contributed by atoms with Crippen molar-refractivity contribution in [1.82, 2.24) is 25.2 Å². The summed E-state index contributed by atoms with van der Waals surface area (Å²) in [4.78, 5) is 25.3. The highest BCUT2D eigenvalue weighted by atomic mass is 32.2. The predicted molar refractivity (Wildman–Crippen MR) is 94.3 cm³/mol. The van der Waals surface area contributed by atoms with Gasteiger partial charge in [-0.15, -0.1) is 0 Å². The average Bonchev–Trinajstić information content (AvgIpc) is 3.27. The lowest BCUT2D eigenvalue weighted by Crippen LogP contribution is -2.36. The lowest BCUT2D eigenvalue weighted by atomic mass is 10.0. The first-order chi connectivity index (χ1) is 11.7. The van der Waals surface area contributed by atoms with Crippen molar-refractivity contribution in [2.24, 2.45) is 17.0 Å². The van der Waals surface area contributed by atoms with Crippen LogP contribution in [-0.4, -0.2) is 50.9 Å². The summed E-state index contributed by atoms with van der Waals surface area (Å²) in [6.45, 7) is 2.65. The van der Waals surface area contributed by atoms with E-state index in [-0.39, 0.29) is 5.24 Å². The number of hydrogen-bond acceptors (Lipinski definition) is 7. The van der Waals surface area contributed by atoms with Gasteiger partial charge in [0, 0.05) is 37.3 Å². The Labute approximate surface area is 144 Å². The van der Waals surface area contributed by atoms with Gasteiger partial charge in [0.25, 0.3) is 5.24 Å². The molecule has 2 aliphatic rings. The number of fused-ring (bicyclic) bond motifs is 2. The minimum atomic E-state index is -0.175. The van der Waals surface area contributed by atoms with Crippen LogP contribution in [0.3, 0.4) is 0 Å². The van der Waals surface area contributed by atoms with Crippen molar-refractivity contribution in [3.8, 4) is 0 Å². The van der Waals surface area contributed by atoms with Crippen LogP contribution in [0, 0.1) is 11.8 Å². The minimum Gasteiger partial charge on any atom is -0.367 e. The van der Waals surface area contributed by atoms with Gasteiger partial charge >= 0.3 is 0 Å². The number of amides is 1. The van der Waals surface area contributed by atoms with Crippen LogP contribution in [0.15, 0.2) is 18.6 Å². The summed E-state index contributed by atoms with van der Waals surface area (Å²) in [5.74, 6) is 2.26. The smallest absolute Gasteiger partial charge is 0.294 e. The number of nitrogens with two attached hydrogens (primary N) is 1. The number of carbonyl (C=O) groups is 1. The van der Waals surface area contributed by atoms with Crippen molar-refractivity contribution in [2.75, 3.05) is 25.1 Å². The van der Waals surface area contributed by atoms with E-state index in [1.54, 1.807) is 6.33 Å². The maximum absolute atomic E-state index is 11.2. The van der Waals surface area contributed by atoms with E-state index in [2.05, 4.69) is 30.5 Å². The number of hydrogen-bond donors (Lipinski definition) is 4. The SMILES string of the molecule is NSC(=O)NCN1C[C@H]2CC(Nc3ncnc4[nH]ccc34)C[C@H]2C1. The van der Waals surface area contributed by atoms with Crippen LogP contribution >= 0.6 is 11.9 Å². The maximum atomic E-state index is 11.2. The van der Waals surface area contributed by atoms with Crippen LogP contribution in [0.1, 0.15) is 12.8 Å². The van der Waals surface area contributed by atoms with E-state index in [1.165, 1.54) is 0 Å². The first-order valence-corrected chi connectivity index (χ1v) is 9.02.